The van der Waals surface area contributed by atoms with E-state index < -0.39 is 0 Å². The molecule has 5 nitrogen and oxygen atoms in total. The highest BCUT2D eigenvalue weighted by Gasteiger charge is 2.16. The summed E-state index contributed by atoms with van der Waals surface area (Å²) in [5, 5.41) is 0. The number of carbonyl (C=O) groups excluding carboxylic acids is 1. The maximum Gasteiger partial charge on any atom is 0.415 e. The molecule has 24 heavy (non-hydrogen) atoms. The van der Waals surface area contributed by atoms with Gasteiger partial charge in [0.25, 0.3) is 0 Å². The Balaban J connectivity index is 2.38. The van der Waals surface area contributed by atoms with Crippen molar-refractivity contribution in [3.63, 3.8) is 0 Å². The first-order valence-corrected chi connectivity index (χ1v) is 7.92. The molecule has 0 spiro atoms. The molecule has 2 rings (SSSR count). The molecule has 128 valence electrons. The minimum atomic E-state index is -0.372. The van der Waals surface area contributed by atoms with Crippen molar-refractivity contribution < 1.29 is 19.0 Å². The quantitative estimate of drug-likeness (QED) is 0.796. The topological polar surface area (TPSA) is 48.0 Å². The average Bonchev–Trinajstić information content (AvgIpc) is 2.62. The smallest absolute Gasteiger partial charge is 0.415 e. The van der Waals surface area contributed by atoms with Gasteiger partial charge in [0.15, 0.2) is 0 Å². The Kier molecular flexibility index (Phi) is 6.07. The van der Waals surface area contributed by atoms with E-state index in [2.05, 4.69) is 0 Å². The van der Waals surface area contributed by atoms with Gasteiger partial charge in [0, 0.05) is 24.7 Å². The second kappa shape index (κ2) is 8.24. The molecule has 2 aromatic rings. The summed E-state index contributed by atoms with van der Waals surface area (Å²) in [6.07, 6.45) is -0.372. The van der Waals surface area contributed by atoms with E-state index in [4.69, 9.17) is 14.2 Å². The van der Waals surface area contributed by atoms with Crippen LogP contribution in [0.1, 0.15) is 13.8 Å². The Morgan fingerprint density at radius 3 is 2.04 bits per heavy atom. The van der Waals surface area contributed by atoms with Gasteiger partial charge in [0.05, 0.1) is 14.2 Å². The third kappa shape index (κ3) is 3.98. The highest BCUT2D eigenvalue weighted by Crippen LogP contribution is 2.34. The van der Waals surface area contributed by atoms with Gasteiger partial charge in [-0.25, -0.2) is 4.79 Å². The van der Waals surface area contributed by atoms with Crippen molar-refractivity contribution >= 4 is 6.09 Å². The van der Waals surface area contributed by atoms with Crippen molar-refractivity contribution in [3.05, 3.63) is 42.5 Å². The van der Waals surface area contributed by atoms with Crippen molar-refractivity contribution in [1.82, 2.24) is 4.90 Å². The Bertz CT molecular complexity index is 678. The second-order valence-electron chi connectivity index (χ2n) is 5.13. The van der Waals surface area contributed by atoms with E-state index in [0.29, 0.717) is 24.6 Å². The van der Waals surface area contributed by atoms with Gasteiger partial charge in [-0.1, -0.05) is 12.1 Å². The van der Waals surface area contributed by atoms with Crippen LogP contribution < -0.4 is 14.2 Å². The molecule has 0 heterocycles. The van der Waals surface area contributed by atoms with E-state index in [1.807, 2.05) is 50.2 Å². The van der Waals surface area contributed by atoms with Crippen LogP contribution in [0.4, 0.5) is 4.79 Å². The van der Waals surface area contributed by atoms with Gasteiger partial charge >= 0.3 is 6.09 Å². The minimum absolute atomic E-state index is 0.372. The molecule has 0 bridgehead atoms. The minimum Gasteiger partial charge on any atom is -0.497 e. The number of rotatable bonds is 6. The number of benzene rings is 2. The zero-order valence-electron chi connectivity index (χ0n) is 14.5. The first-order chi connectivity index (χ1) is 11.6. The van der Waals surface area contributed by atoms with Crippen molar-refractivity contribution in [2.24, 2.45) is 0 Å². The van der Waals surface area contributed by atoms with E-state index in [1.54, 1.807) is 25.2 Å². The monoisotopic (exact) mass is 329 g/mol. The number of amides is 1. The van der Waals surface area contributed by atoms with E-state index in [1.165, 1.54) is 0 Å². The first-order valence-electron chi connectivity index (χ1n) is 7.92. The summed E-state index contributed by atoms with van der Waals surface area (Å²) >= 11 is 0. The molecule has 0 saturated heterocycles. The van der Waals surface area contributed by atoms with Crippen LogP contribution >= 0.6 is 0 Å². The van der Waals surface area contributed by atoms with Gasteiger partial charge in [-0.3, -0.25) is 0 Å². The van der Waals surface area contributed by atoms with Gasteiger partial charge in [-0.15, -0.1) is 0 Å². The number of hydrogen-bond acceptors (Lipinski definition) is 4. The predicted molar refractivity (Wildman–Crippen MR) is 93.9 cm³/mol. The lowest BCUT2D eigenvalue weighted by Crippen LogP contribution is -2.33. The SMILES string of the molecule is CCN(CC)C(=O)Oc1cc(OC)ccc1-c1ccc(OC)cc1. The van der Waals surface area contributed by atoms with Crippen LogP contribution in [0, 0.1) is 0 Å². The van der Waals surface area contributed by atoms with E-state index in [9.17, 15) is 4.79 Å². The number of carbonyl (C=O) groups is 1. The van der Waals surface area contributed by atoms with Crippen LogP contribution in [0.5, 0.6) is 17.2 Å². The summed E-state index contributed by atoms with van der Waals surface area (Å²) in [5.74, 6) is 1.87. The van der Waals surface area contributed by atoms with Crippen LogP contribution in [0.15, 0.2) is 42.5 Å². The van der Waals surface area contributed by atoms with Crippen molar-refractivity contribution in [3.8, 4) is 28.4 Å². The molecule has 0 N–H and O–H groups in total. The zero-order valence-corrected chi connectivity index (χ0v) is 14.5. The molecule has 1 amide bonds. The normalized spacial score (nSPS) is 10.2. The Hall–Kier alpha value is -2.69. The third-order valence-corrected chi connectivity index (χ3v) is 3.81. The van der Waals surface area contributed by atoms with Crippen LogP contribution in [0.25, 0.3) is 11.1 Å². The highest BCUT2D eigenvalue weighted by molar-refractivity contribution is 5.78. The summed E-state index contributed by atoms with van der Waals surface area (Å²) in [7, 11) is 3.21. The summed E-state index contributed by atoms with van der Waals surface area (Å²) in [6.45, 7) is 5.02. The molecule has 0 aliphatic heterocycles. The van der Waals surface area contributed by atoms with E-state index >= 15 is 0 Å². The number of hydrogen-bond donors (Lipinski definition) is 0. The lowest BCUT2D eigenvalue weighted by atomic mass is 10.0. The summed E-state index contributed by atoms with van der Waals surface area (Å²) in [4.78, 5) is 13.9. The molecule has 2 aromatic carbocycles. The Morgan fingerprint density at radius 2 is 1.50 bits per heavy atom. The average molecular weight is 329 g/mol. The molecule has 0 fully saturated rings. The van der Waals surface area contributed by atoms with Gasteiger partial charge < -0.3 is 19.1 Å². The van der Waals surface area contributed by atoms with Crippen molar-refractivity contribution in [2.75, 3.05) is 27.3 Å². The predicted octanol–water partition coefficient (Wildman–Crippen LogP) is 4.21. The molecular formula is C19H23NO4. The lowest BCUT2D eigenvalue weighted by molar-refractivity contribution is 0.157. The maximum atomic E-state index is 12.3. The summed E-state index contributed by atoms with van der Waals surface area (Å²) in [5.41, 5.74) is 1.75. The number of methoxy groups -OCH3 is 2. The molecule has 0 unspecified atom stereocenters. The van der Waals surface area contributed by atoms with Gasteiger partial charge in [-0.2, -0.15) is 0 Å². The highest BCUT2D eigenvalue weighted by atomic mass is 16.6. The Labute approximate surface area is 142 Å². The zero-order chi connectivity index (χ0) is 17.5. The molecule has 0 atom stereocenters. The fourth-order valence-electron chi connectivity index (χ4n) is 2.36. The van der Waals surface area contributed by atoms with Gasteiger partial charge in [0.2, 0.25) is 0 Å². The maximum absolute atomic E-state index is 12.3. The van der Waals surface area contributed by atoms with Crippen molar-refractivity contribution in [2.45, 2.75) is 13.8 Å². The van der Waals surface area contributed by atoms with Crippen LogP contribution in [-0.2, 0) is 0 Å². The summed E-state index contributed by atoms with van der Waals surface area (Å²) in [6, 6.07) is 13.0. The van der Waals surface area contributed by atoms with E-state index in [-0.39, 0.29) is 6.09 Å². The first kappa shape index (κ1) is 17.7. The molecule has 0 radical (unpaired) electrons. The third-order valence-electron chi connectivity index (χ3n) is 3.81. The Morgan fingerprint density at radius 1 is 0.917 bits per heavy atom. The number of nitrogens with zero attached hydrogens (tertiary/aromatic N) is 1. The second-order valence-corrected chi connectivity index (χ2v) is 5.13. The largest absolute Gasteiger partial charge is 0.497 e. The molecule has 0 aromatic heterocycles. The van der Waals surface area contributed by atoms with Crippen LogP contribution in [-0.4, -0.2) is 38.3 Å². The molecule has 5 heteroatoms. The van der Waals surface area contributed by atoms with Crippen molar-refractivity contribution in [1.29, 1.82) is 0 Å². The van der Waals surface area contributed by atoms with Gasteiger partial charge in [-0.05, 0) is 43.7 Å². The standard InChI is InChI=1S/C19H23NO4/c1-5-20(6-2)19(21)24-18-13-16(23-4)11-12-17(18)14-7-9-15(22-3)10-8-14/h7-13H,5-6H2,1-4H3. The molecule has 0 aliphatic carbocycles. The molecular weight excluding hydrogens is 306 g/mol. The molecule has 0 aliphatic rings. The summed E-state index contributed by atoms with van der Waals surface area (Å²) < 4.78 is 16.1. The van der Waals surface area contributed by atoms with E-state index in [0.717, 1.165) is 16.9 Å². The fraction of sp³-hybridized carbons (Fsp3) is 0.316. The lowest BCUT2D eigenvalue weighted by Gasteiger charge is -2.19. The number of ether oxygens (including phenoxy) is 3. The van der Waals surface area contributed by atoms with Crippen LogP contribution in [0.2, 0.25) is 0 Å². The fourth-order valence-corrected chi connectivity index (χ4v) is 2.36. The van der Waals surface area contributed by atoms with Gasteiger partial charge in [0.1, 0.15) is 17.2 Å². The molecule has 0 saturated carbocycles. The van der Waals surface area contributed by atoms with Crippen LogP contribution in [0.3, 0.4) is 0 Å².